The lowest BCUT2D eigenvalue weighted by molar-refractivity contribution is -0.137. The van der Waals surface area contributed by atoms with Crippen molar-refractivity contribution in [1.82, 2.24) is 19.6 Å². The number of hydrogen-bond acceptors (Lipinski definition) is 5. The molecule has 0 saturated carbocycles. The van der Waals surface area contributed by atoms with Crippen LogP contribution in [0.15, 0.2) is 12.4 Å². The van der Waals surface area contributed by atoms with Crippen molar-refractivity contribution in [2.45, 2.75) is 32.7 Å². The maximum Gasteiger partial charge on any atom is 0.305 e. The van der Waals surface area contributed by atoms with E-state index in [2.05, 4.69) is 20.4 Å². The topological polar surface area (TPSA) is 92.4 Å². The highest BCUT2D eigenvalue weighted by Crippen LogP contribution is 2.13. The lowest BCUT2D eigenvalue weighted by atomic mass is 10.1. The van der Waals surface area contributed by atoms with E-state index in [0.29, 0.717) is 18.0 Å². The summed E-state index contributed by atoms with van der Waals surface area (Å²) in [5.74, 6) is 0.390. The second kappa shape index (κ2) is 4.99. The molecule has 2 heterocycles. The minimum absolute atomic E-state index is 0.0636. The van der Waals surface area contributed by atoms with E-state index in [4.69, 9.17) is 5.11 Å². The van der Waals surface area contributed by atoms with Crippen molar-refractivity contribution in [2.75, 3.05) is 5.32 Å². The van der Waals surface area contributed by atoms with E-state index in [0.717, 1.165) is 5.69 Å². The molecular weight excluding hydrogens is 234 g/mol. The third kappa shape index (κ3) is 2.55. The Morgan fingerprint density at radius 2 is 2.39 bits per heavy atom. The maximum absolute atomic E-state index is 10.8. The fraction of sp³-hybridized carbons (Fsp3) is 0.455. The second-order valence-corrected chi connectivity index (χ2v) is 4.10. The average Bonchev–Trinajstić information content (AvgIpc) is 2.75. The van der Waals surface area contributed by atoms with E-state index in [1.54, 1.807) is 4.52 Å². The molecule has 2 aromatic heterocycles. The number of hydrogen-bond donors (Lipinski definition) is 2. The van der Waals surface area contributed by atoms with Crippen molar-refractivity contribution in [1.29, 1.82) is 0 Å². The SMILES string of the molecule is CCC(CC(=O)O)Nc1cc(C)nc2ncnn12. The third-order valence-corrected chi connectivity index (χ3v) is 2.65. The highest BCUT2D eigenvalue weighted by Gasteiger charge is 2.13. The van der Waals surface area contributed by atoms with Gasteiger partial charge in [-0.2, -0.15) is 14.6 Å². The number of nitrogens with one attached hydrogen (secondary N) is 1. The van der Waals surface area contributed by atoms with Gasteiger partial charge in [0.2, 0.25) is 0 Å². The van der Waals surface area contributed by atoms with Gasteiger partial charge in [0.25, 0.3) is 5.78 Å². The molecule has 2 aromatic rings. The minimum atomic E-state index is -0.824. The third-order valence-electron chi connectivity index (χ3n) is 2.65. The van der Waals surface area contributed by atoms with E-state index in [-0.39, 0.29) is 12.5 Å². The van der Waals surface area contributed by atoms with Gasteiger partial charge >= 0.3 is 5.97 Å². The number of carbonyl (C=O) groups is 1. The maximum atomic E-state index is 10.8. The molecule has 0 amide bonds. The molecule has 1 atom stereocenters. The van der Waals surface area contributed by atoms with E-state index in [9.17, 15) is 4.79 Å². The van der Waals surface area contributed by atoms with E-state index >= 15 is 0 Å². The molecule has 2 N–H and O–H groups in total. The van der Waals surface area contributed by atoms with Gasteiger partial charge in [-0.25, -0.2) is 4.98 Å². The lowest BCUT2D eigenvalue weighted by Gasteiger charge is -2.16. The molecule has 0 radical (unpaired) electrons. The van der Waals surface area contributed by atoms with Crippen LogP contribution in [0.4, 0.5) is 5.82 Å². The number of fused-ring (bicyclic) bond motifs is 1. The summed E-state index contributed by atoms with van der Waals surface area (Å²) >= 11 is 0. The van der Waals surface area contributed by atoms with Gasteiger partial charge in [0.05, 0.1) is 6.42 Å². The van der Waals surface area contributed by atoms with E-state index in [1.165, 1.54) is 6.33 Å². The first kappa shape index (κ1) is 12.3. The number of aromatic nitrogens is 4. The number of carboxylic acids is 1. The van der Waals surface area contributed by atoms with Crippen LogP contribution in [0.5, 0.6) is 0 Å². The summed E-state index contributed by atoms with van der Waals surface area (Å²) in [7, 11) is 0. The van der Waals surface area contributed by atoms with E-state index in [1.807, 2.05) is 19.9 Å². The highest BCUT2D eigenvalue weighted by atomic mass is 16.4. The molecule has 0 aliphatic heterocycles. The zero-order valence-electron chi connectivity index (χ0n) is 10.3. The second-order valence-electron chi connectivity index (χ2n) is 4.10. The van der Waals surface area contributed by atoms with Crippen molar-refractivity contribution in [2.24, 2.45) is 0 Å². The van der Waals surface area contributed by atoms with Crippen LogP contribution >= 0.6 is 0 Å². The Balaban J connectivity index is 2.29. The molecule has 7 nitrogen and oxygen atoms in total. The molecule has 7 heteroatoms. The van der Waals surface area contributed by atoms with Gasteiger partial charge in [-0.3, -0.25) is 4.79 Å². The van der Waals surface area contributed by atoms with Crippen molar-refractivity contribution in [3.63, 3.8) is 0 Å². The average molecular weight is 249 g/mol. The smallest absolute Gasteiger partial charge is 0.305 e. The first-order valence-electron chi connectivity index (χ1n) is 5.76. The number of carboxylic acid groups (broad SMARTS) is 1. The van der Waals surface area contributed by atoms with Crippen molar-refractivity contribution >= 4 is 17.6 Å². The molecule has 0 bridgehead atoms. The predicted octanol–water partition coefficient (Wildman–Crippen LogP) is 1.10. The van der Waals surface area contributed by atoms with Crippen LogP contribution in [-0.4, -0.2) is 36.7 Å². The Morgan fingerprint density at radius 1 is 1.61 bits per heavy atom. The zero-order valence-corrected chi connectivity index (χ0v) is 10.3. The quantitative estimate of drug-likeness (QED) is 0.824. The van der Waals surface area contributed by atoms with Crippen molar-refractivity contribution < 1.29 is 9.90 Å². The Hall–Kier alpha value is -2.18. The molecule has 0 aliphatic carbocycles. The number of nitrogens with zero attached hydrogens (tertiary/aromatic N) is 4. The summed E-state index contributed by atoms with van der Waals surface area (Å²) in [5.41, 5.74) is 0.808. The van der Waals surface area contributed by atoms with Crippen LogP contribution in [0.2, 0.25) is 0 Å². The Labute approximate surface area is 104 Å². The molecule has 0 aromatic carbocycles. The first-order valence-corrected chi connectivity index (χ1v) is 5.76. The Morgan fingerprint density at radius 3 is 3.06 bits per heavy atom. The van der Waals surface area contributed by atoms with Crippen molar-refractivity contribution in [3.8, 4) is 0 Å². The molecular formula is C11H15N5O2. The van der Waals surface area contributed by atoms with Crippen LogP contribution in [0, 0.1) is 6.92 Å². The minimum Gasteiger partial charge on any atom is -0.481 e. The molecule has 18 heavy (non-hydrogen) atoms. The van der Waals surface area contributed by atoms with Gasteiger partial charge in [0.1, 0.15) is 12.1 Å². The Bertz CT molecular complexity index is 566. The highest BCUT2D eigenvalue weighted by molar-refractivity contribution is 5.68. The lowest BCUT2D eigenvalue weighted by Crippen LogP contribution is -2.24. The van der Waals surface area contributed by atoms with Crippen LogP contribution < -0.4 is 5.32 Å². The molecule has 0 spiro atoms. The molecule has 2 rings (SSSR count). The first-order chi connectivity index (χ1) is 8.60. The normalized spacial score (nSPS) is 12.6. The van der Waals surface area contributed by atoms with E-state index < -0.39 is 5.97 Å². The summed E-state index contributed by atoms with van der Waals surface area (Å²) in [6, 6.07) is 1.68. The van der Waals surface area contributed by atoms with Crippen LogP contribution in [0.3, 0.4) is 0 Å². The summed E-state index contributed by atoms with van der Waals surface area (Å²) in [6.45, 7) is 3.80. The molecule has 0 fully saturated rings. The largest absolute Gasteiger partial charge is 0.481 e. The van der Waals surface area contributed by atoms with Gasteiger partial charge in [-0.15, -0.1) is 0 Å². The summed E-state index contributed by atoms with van der Waals surface area (Å²) in [5, 5.41) is 16.1. The van der Waals surface area contributed by atoms with Crippen LogP contribution in [0.25, 0.3) is 5.78 Å². The molecule has 0 saturated heterocycles. The molecule has 0 aliphatic rings. The number of aliphatic carboxylic acids is 1. The molecule has 1 unspecified atom stereocenters. The number of rotatable bonds is 5. The fourth-order valence-corrected chi connectivity index (χ4v) is 1.75. The summed E-state index contributed by atoms with van der Waals surface area (Å²) in [6.07, 6.45) is 2.20. The monoisotopic (exact) mass is 249 g/mol. The number of anilines is 1. The van der Waals surface area contributed by atoms with Crippen LogP contribution in [-0.2, 0) is 4.79 Å². The van der Waals surface area contributed by atoms with Gasteiger partial charge in [-0.05, 0) is 13.3 Å². The standard InChI is InChI=1S/C11H15N5O2/c1-3-8(5-10(17)18)15-9-4-7(2)14-11-12-6-13-16(9)11/h4,6,8,15H,3,5H2,1-2H3,(H,17,18). The fourth-order valence-electron chi connectivity index (χ4n) is 1.75. The van der Waals surface area contributed by atoms with Crippen LogP contribution in [0.1, 0.15) is 25.5 Å². The summed E-state index contributed by atoms with van der Waals surface area (Å²) in [4.78, 5) is 19.0. The molecule has 96 valence electrons. The number of aryl methyl sites for hydroxylation is 1. The zero-order chi connectivity index (χ0) is 13.1. The van der Waals surface area contributed by atoms with Crippen molar-refractivity contribution in [3.05, 3.63) is 18.1 Å². The van der Waals surface area contributed by atoms with Gasteiger partial charge < -0.3 is 10.4 Å². The summed E-state index contributed by atoms with van der Waals surface area (Å²) < 4.78 is 1.57. The van der Waals surface area contributed by atoms with Gasteiger partial charge in [0.15, 0.2) is 0 Å². The predicted molar refractivity (Wildman–Crippen MR) is 65.5 cm³/mol. The Kier molecular flexibility index (Phi) is 3.40. The van der Waals surface area contributed by atoms with Gasteiger partial charge in [0, 0.05) is 17.8 Å². The van der Waals surface area contributed by atoms with Gasteiger partial charge in [-0.1, -0.05) is 6.92 Å².